The van der Waals surface area contributed by atoms with Gasteiger partial charge in [0.25, 0.3) is 0 Å². The summed E-state index contributed by atoms with van der Waals surface area (Å²) in [6.07, 6.45) is 2.29. The molecule has 0 aliphatic carbocycles. The standard InChI is InChI=1S/C14H20N4O4/c1-16(2)8-10-4-5-17(9-10)13-12(18(20)21)6-11(7-15-13)14(19)22-3/h6-7,10H,4-5,8-9H2,1-3H3. The predicted molar refractivity (Wildman–Crippen MR) is 81.1 cm³/mol. The SMILES string of the molecule is COC(=O)c1cnc(N2CCC(CN(C)C)C2)c([N+](=O)[O-])c1. The zero-order chi connectivity index (χ0) is 16.3. The lowest BCUT2D eigenvalue weighted by atomic mass is 10.1. The van der Waals surface area contributed by atoms with Gasteiger partial charge < -0.3 is 14.5 Å². The van der Waals surface area contributed by atoms with Gasteiger partial charge in [0.2, 0.25) is 5.82 Å². The van der Waals surface area contributed by atoms with Crippen molar-refractivity contribution < 1.29 is 14.5 Å². The highest BCUT2D eigenvalue weighted by molar-refractivity contribution is 5.90. The molecule has 0 saturated carbocycles. The fourth-order valence-electron chi connectivity index (χ4n) is 2.74. The minimum Gasteiger partial charge on any atom is -0.465 e. The fraction of sp³-hybridized carbons (Fsp3) is 0.571. The van der Waals surface area contributed by atoms with Crippen LogP contribution in [-0.2, 0) is 4.74 Å². The van der Waals surface area contributed by atoms with E-state index >= 15 is 0 Å². The highest BCUT2D eigenvalue weighted by atomic mass is 16.6. The minimum absolute atomic E-state index is 0.0852. The number of methoxy groups -OCH3 is 1. The van der Waals surface area contributed by atoms with Crippen LogP contribution in [0.15, 0.2) is 12.3 Å². The van der Waals surface area contributed by atoms with E-state index in [2.05, 4.69) is 14.6 Å². The number of carbonyl (C=O) groups excluding carboxylic acids is 1. The van der Waals surface area contributed by atoms with Crippen LogP contribution in [0.2, 0.25) is 0 Å². The molecule has 0 bridgehead atoms. The second-order valence-corrected chi connectivity index (χ2v) is 5.68. The highest BCUT2D eigenvalue weighted by Crippen LogP contribution is 2.31. The third kappa shape index (κ3) is 3.51. The molecule has 1 aliphatic rings. The Morgan fingerprint density at radius 1 is 1.59 bits per heavy atom. The van der Waals surface area contributed by atoms with Crippen molar-refractivity contribution in [3.05, 3.63) is 27.9 Å². The minimum atomic E-state index is -0.631. The van der Waals surface area contributed by atoms with Gasteiger partial charge in [-0.3, -0.25) is 10.1 Å². The first-order valence-corrected chi connectivity index (χ1v) is 7.04. The summed E-state index contributed by atoms with van der Waals surface area (Å²) in [5, 5.41) is 11.3. The zero-order valence-corrected chi connectivity index (χ0v) is 13.0. The first-order valence-electron chi connectivity index (χ1n) is 7.04. The average Bonchev–Trinajstić information content (AvgIpc) is 2.93. The van der Waals surface area contributed by atoms with Crippen LogP contribution in [0.4, 0.5) is 11.5 Å². The molecule has 0 N–H and O–H groups in total. The first-order chi connectivity index (χ1) is 10.4. The van der Waals surface area contributed by atoms with Crippen molar-refractivity contribution in [2.24, 2.45) is 5.92 Å². The van der Waals surface area contributed by atoms with Gasteiger partial charge >= 0.3 is 11.7 Å². The van der Waals surface area contributed by atoms with Crippen LogP contribution in [0.1, 0.15) is 16.8 Å². The van der Waals surface area contributed by atoms with E-state index in [9.17, 15) is 14.9 Å². The summed E-state index contributed by atoms with van der Waals surface area (Å²) in [5.74, 6) is 0.143. The monoisotopic (exact) mass is 308 g/mol. The molecule has 0 spiro atoms. The lowest BCUT2D eigenvalue weighted by molar-refractivity contribution is -0.384. The molecule has 1 unspecified atom stereocenters. The smallest absolute Gasteiger partial charge is 0.339 e. The maximum absolute atomic E-state index is 11.5. The largest absolute Gasteiger partial charge is 0.465 e. The average molecular weight is 308 g/mol. The Labute approximate surface area is 128 Å². The molecule has 1 aromatic heterocycles. The van der Waals surface area contributed by atoms with Crippen LogP contribution in [0.25, 0.3) is 0 Å². The lowest BCUT2D eigenvalue weighted by Gasteiger charge is -2.19. The van der Waals surface area contributed by atoms with Gasteiger partial charge in [0.05, 0.1) is 17.6 Å². The molecule has 22 heavy (non-hydrogen) atoms. The molecule has 120 valence electrons. The lowest BCUT2D eigenvalue weighted by Crippen LogP contribution is -2.26. The third-order valence-corrected chi connectivity index (χ3v) is 3.67. The summed E-state index contributed by atoms with van der Waals surface area (Å²) in [4.78, 5) is 30.4. The van der Waals surface area contributed by atoms with Crippen molar-refractivity contribution in [2.45, 2.75) is 6.42 Å². The molecule has 1 saturated heterocycles. The van der Waals surface area contributed by atoms with E-state index in [1.54, 1.807) is 0 Å². The predicted octanol–water partition coefficient (Wildman–Crippen LogP) is 1.16. The Bertz CT molecular complexity index is 576. The fourth-order valence-corrected chi connectivity index (χ4v) is 2.74. The van der Waals surface area contributed by atoms with Crippen molar-refractivity contribution in [3.8, 4) is 0 Å². The van der Waals surface area contributed by atoms with E-state index in [-0.39, 0.29) is 11.3 Å². The zero-order valence-electron chi connectivity index (χ0n) is 13.0. The molecular weight excluding hydrogens is 288 g/mol. The number of nitro groups is 1. The second-order valence-electron chi connectivity index (χ2n) is 5.68. The van der Waals surface area contributed by atoms with E-state index < -0.39 is 10.9 Å². The quantitative estimate of drug-likeness (QED) is 0.458. The molecule has 0 radical (unpaired) electrons. The van der Waals surface area contributed by atoms with Gasteiger partial charge in [-0.2, -0.15) is 0 Å². The van der Waals surface area contributed by atoms with Gasteiger partial charge in [0.15, 0.2) is 0 Å². The van der Waals surface area contributed by atoms with E-state index in [4.69, 9.17) is 0 Å². The second kappa shape index (κ2) is 6.69. The van der Waals surface area contributed by atoms with Gasteiger partial charge in [-0.05, 0) is 26.4 Å². The number of aromatic nitrogens is 1. The number of hydrogen-bond acceptors (Lipinski definition) is 7. The Hall–Kier alpha value is -2.22. The number of hydrogen-bond donors (Lipinski definition) is 0. The van der Waals surface area contributed by atoms with Crippen LogP contribution < -0.4 is 4.90 Å². The summed E-state index contributed by atoms with van der Waals surface area (Å²) >= 11 is 0. The van der Waals surface area contributed by atoms with Crippen molar-refractivity contribution >= 4 is 17.5 Å². The van der Waals surface area contributed by atoms with Crippen LogP contribution in [0, 0.1) is 16.0 Å². The van der Waals surface area contributed by atoms with E-state index in [0.717, 1.165) is 26.1 Å². The third-order valence-electron chi connectivity index (χ3n) is 3.67. The molecule has 2 heterocycles. The van der Waals surface area contributed by atoms with Crippen LogP contribution in [0.5, 0.6) is 0 Å². The molecule has 0 aromatic carbocycles. The Morgan fingerprint density at radius 2 is 2.32 bits per heavy atom. The Kier molecular flexibility index (Phi) is 4.92. The number of rotatable bonds is 5. The van der Waals surface area contributed by atoms with E-state index in [1.807, 2.05) is 19.0 Å². The number of pyridine rings is 1. The molecule has 8 nitrogen and oxygen atoms in total. The molecular formula is C14H20N4O4. The number of nitrogens with zero attached hydrogens (tertiary/aromatic N) is 4. The normalized spacial score (nSPS) is 17.8. The summed E-state index contributed by atoms with van der Waals surface area (Å²) in [6, 6.07) is 1.23. The first kappa shape index (κ1) is 16.2. The maximum Gasteiger partial charge on any atom is 0.339 e. The topological polar surface area (TPSA) is 88.8 Å². The highest BCUT2D eigenvalue weighted by Gasteiger charge is 2.30. The van der Waals surface area contributed by atoms with Crippen molar-refractivity contribution in [1.82, 2.24) is 9.88 Å². The number of carbonyl (C=O) groups is 1. The Morgan fingerprint density at radius 3 is 2.91 bits per heavy atom. The summed E-state index contributed by atoms with van der Waals surface area (Å²) in [7, 11) is 5.25. The van der Waals surface area contributed by atoms with Crippen molar-refractivity contribution in [3.63, 3.8) is 0 Å². The molecule has 0 amide bonds. The molecule has 1 atom stereocenters. The summed E-state index contributed by atoms with van der Waals surface area (Å²) < 4.78 is 4.58. The number of ether oxygens (including phenoxy) is 1. The van der Waals surface area contributed by atoms with E-state index in [1.165, 1.54) is 19.4 Å². The number of esters is 1. The van der Waals surface area contributed by atoms with Gasteiger partial charge in [-0.25, -0.2) is 9.78 Å². The number of anilines is 1. The molecule has 1 fully saturated rings. The molecule has 2 rings (SSSR count). The summed E-state index contributed by atoms with van der Waals surface area (Å²) in [5.41, 5.74) is -0.0737. The van der Waals surface area contributed by atoms with Gasteiger partial charge in [-0.1, -0.05) is 0 Å². The van der Waals surface area contributed by atoms with E-state index in [0.29, 0.717) is 11.7 Å². The van der Waals surface area contributed by atoms with Crippen LogP contribution in [0.3, 0.4) is 0 Å². The van der Waals surface area contributed by atoms with Crippen molar-refractivity contribution in [1.29, 1.82) is 0 Å². The van der Waals surface area contributed by atoms with Crippen LogP contribution >= 0.6 is 0 Å². The van der Waals surface area contributed by atoms with Gasteiger partial charge in [0.1, 0.15) is 0 Å². The molecule has 1 aromatic rings. The molecule has 8 heteroatoms. The maximum atomic E-state index is 11.5. The van der Waals surface area contributed by atoms with Crippen LogP contribution in [-0.4, -0.2) is 61.6 Å². The van der Waals surface area contributed by atoms with Gasteiger partial charge in [-0.15, -0.1) is 0 Å². The Balaban J connectivity index is 2.24. The van der Waals surface area contributed by atoms with Gasteiger partial charge in [0, 0.05) is 31.9 Å². The molecule has 1 aliphatic heterocycles. The van der Waals surface area contributed by atoms with Crippen molar-refractivity contribution in [2.75, 3.05) is 45.7 Å². The summed E-state index contributed by atoms with van der Waals surface area (Å²) in [6.45, 7) is 2.39.